The normalized spacial score (nSPS) is 18.4. The number of anilines is 2. The predicted molar refractivity (Wildman–Crippen MR) is 105 cm³/mol. The van der Waals surface area contributed by atoms with Crippen molar-refractivity contribution in [3.63, 3.8) is 0 Å². The van der Waals surface area contributed by atoms with Crippen LogP contribution in [0.1, 0.15) is 29.3 Å². The molecule has 1 aliphatic rings. The fraction of sp³-hybridized carbons (Fsp3) is 0.421. The highest BCUT2D eigenvalue weighted by atomic mass is 32.2. The molecule has 1 atom stereocenters. The summed E-state index contributed by atoms with van der Waals surface area (Å²) in [5.41, 5.74) is 5.08. The molecular formula is C19H26N4O2S. The third kappa shape index (κ3) is 4.06. The maximum atomic E-state index is 12.3. The van der Waals surface area contributed by atoms with Crippen molar-refractivity contribution in [2.75, 3.05) is 32.5 Å². The first kappa shape index (κ1) is 18.8. The molecule has 1 fully saturated rings. The second kappa shape index (κ2) is 7.34. The average molecular weight is 375 g/mol. The zero-order valence-electron chi connectivity index (χ0n) is 15.7. The van der Waals surface area contributed by atoms with E-state index in [1.165, 1.54) is 14.2 Å². The van der Waals surface area contributed by atoms with Crippen molar-refractivity contribution >= 4 is 21.6 Å². The molecule has 6 nitrogen and oxygen atoms in total. The summed E-state index contributed by atoms with van der Waals surface area (Å²) in [6.07, 6.45) is 0.785. The van der Waals surface area contributed by atoms with Gasteiger partial charge in [0.2, 0.25) is 0 Å². The first-order valence-corrected chi connectivity index (χ1v) is 10.2. The Morgan fingerprint density at radius 1 is 1.12 bits per heavy atom. The van der Waals surface area contributed by atoms with Crippen LogP contribution in [0.15, 0.2) is 36.4 Å². The molecule has 2 aromatic rings. The third-order valence-electron chi connectivity index (χ3n) is 4.67. The summed E-state index contributed by atoms with van der Waals surface area (Å²) >= 11 is 0. The van der Waals surface area contributed by atoms with Gasteiger partial charge in [-0.05, 0) is 44.5 Å². The van der Waals surface area contributed by atoms with Crippen LogP contribution in [0.4, 0.5) is 11.4 Å². The van der Waals surface area contributed by atoms with Crippen molar-refractivity contribution in [2.45, 2.75) is 26.2 Å². The number of hydrogen-bond donors (Lipinski definition) is 1. The van der Waals surface area contributed by atoms with E-state index in [0.717, 1.165) is 29.2 Å². The van der Waals surface area contributed by atoms with Gasteiger partial charge in [-0.1, -0.05) is 17.7 Å². The molecule has 1 saturated heterocycles. The molecule has 3 rings (SSSR count). The first-order valence-electron chi connectivity index (χ1n) is 8.75. The van der Waals surface area contributed by atoms with Gasteiger partial charge in [0.1, 0.15) is 0 Å². The third-order valence-corrected chi connectivity index (χ3v) is 6.58. The lowest BCUT2D eigenvalue weighted by atomic mass is 10.0. The van der Waals surface area contributed by atoms with E-state index in [1.807, 2.05) is 31.2 Å². The molecule has 0 saturated carbocycles. The minimum Gasteiger partial charge on any atom is -0.355 e. The zero-order chi connectivity index (χ0) is 18.9. The molecular weight excluding hydrogens is 348 g/mol. The van der Waals surface area contributed by atoms with Crippen molar-refractivity contribution in [2.24, 2.45) is 0 Å². The van der Waals surface area contributed by atoms with Crippen molar-refractivity contribution in [1.29, 1.82) is 0 Å². The van der Waals surface area contributed by atoms with E-state index in [2.05, 4.69) is 29.4 Å². The van der Waals surface area contributed by atoms with Gasteiger partial charge in [0, 0.05) is 55.9 Å². The molecule has 7 heteroatoms. The van der Waals surface area contributed by atoms with Gasteiger partial charge in [-0.25, -0.2) is 0 Å². The van der Waals surface area contributed by atoms with E-state index >= 15 is 0 Å². The van der Waals surface area contributed by atoms with E-state index in [4.69, 9.17) is 0 Å². The van der Waals surface area contributed by atoms with Crippen molar-refractivity contribution in [1.82, 2.24) is 13.6 Å². The second-order valence-electron chi connectivity index (χ2n) is 7.05. The molecule has 1 aliphatic heterocycles. The summed E-state index contributed by atoms with van der Waals surface area (Å²) < 4.78 is 27.5. The van der Waals surface area contributed by atoms with E-state index < -0.39 is 10.2 Å². The first-order chi connectivity index (χ1) is 12.3. The van der Waals surface area contributed by atoms with E-state index in [1.54, 1.807) is 14.1 Å². The topological polar surface area (TPSA) is 65.5 Å². The van der Waals surface area contributed by atoms with Gasteiger partial charge in [-0.2, -0.15) is 17.0 Å². The average Bonchev–Trinajstić information content (AvgIpc) is 3.07. The summed E-state index contributed by atoms with van der Waals surface area (Å²) in [6, 6.07) is 12.3. The van der Waals surface area contributed by atoms with Gasteiger partial charge in [0.15, 0.2) is 0 Å². The second-order valence-corrected chi connectivity index (χ2v) is 9.19. The molecule has 140 valence electrons. The minimum absolute atomic E-state index is 0.114. The fourth-order valence-corrected chi connectivity index (χ4v) is 4.36. The number of benzene rings is 1. The quantitative estimate of drug-likeness (QED) is 0.874. The molecule has 0 bridgehead atoms. The van der Waals surface area contributed by atoms with Gasteiger partial charge in [0.05, 0.1) is 0 Å². The molecule has 2 heterocycles. The maximum absolute atomic E-state index is 12.3. The Balaban J connectivity index is 1.79. The summed E-state index contributed by atoms with van der Waals surface area (Å²) in [5, 5.41) is 3.42. The van der Waals surface area contributed by atoms with Crippen LogP contribution < -0.4 is 5.32 Å². The zero-order valence-corrected chi connectivity index (χ0v) is 16.5. The molecule has 0 unspecified atom stereocenters. The molecule has 0 spiro atoms. The summed E-state index contributed by atoms with van der Waals surface area (Å²) in [4.78, 5) is 4.66. The van der Waals surface area contributed by atoms with Gasteiger partial charge in [-0.3, -0.25) is 4.98 Å². The Morgan fingerprint density at radius 3 is 2.46 bits per heavy atom. The molecule has 0 aliphatic carbocycles. The van der Waals surface area contributed by atoms with E-state index in [0.29, 0.717) is 13.1 Å². The highest BCUT2D eigenvalue weighted by Crippen LogP contribution is 2.30. The van der Waals surface area contributed by atoms with E-state index in [-0.39, 0.29) is 5.92 Å². The molecule has 1 aromatic heterocycles. The maximum Gasteiger partial charge on any atom is 0.281 e. The Kier molecular flexibility index (Phi) is 5.32. The Bertz CT molecular complexity index is 879. The molecule has 26 heavy (non-hydrogen) atoms. The van der Waals surface area contributed by atoms with Crippen LogP contribution in [0.3, 0.4) is 0 Å². The molecule has 1 aromatic carbocycles. The number of nitrogens with zero attached hydrogens (tertiary/aromatic N) is 3. The highest BCUT2D eigenvalue weighted by Gasteiger charge is 2.34. The Morgan fingerprint density at radius 2 is 1.81 bits per heavy atom. The van der Waals surface area contributed by atoms with E-state index in [9.17, 15) is 8.42 Å². The molecule has 0 radical (unpaired) electrons. The van der Waals surface area contributed by atoms with Crippen LogP contribution in [0, 0.1) is 13.8 Å². The lowest BCUT2D eigenvalue weighted by Gasteiger charge is -2.21. The van der Waals surface area contributed by atoms with Crippen LogP contribution in [0.25, 0.3) is 0 Å². The van der Waals surface area contributed by atoms with Gasteiger partial charge in [0.25, 0.3) is 10.2 Å². The highest BCUT2D eigenvalue weighted by molar-refractivity contribution is 7.86. The van der Waals surface area contributed by atoms with Crippen LogP contribution in [0.5, 0.6) is 0 Å². The number of pyridine rings is 1. The fourth-order valence-electron chi connectivity index (χ4n) is 3.19. The van der Waals surface area contributed by atoms with Crippen molar-refractivity contribution in [3.05, 3.63) is 53.3 Å². The lowest BCUT2D eigenvalue weighted by Crippen LogP contribution is -2.38. The monoisotopic (exact) mass is 374 g/mol. The lowest BCUT2D eigenvalue weighted by molar-refractivity contribution is 0.418. The SMILES string of the molecule is Cc1ccc(Nc2cc(C)nc([C@H]3CCN(S(=O)(=O)N(C)C)C3)c2)cc1. The van der Waals surface area contributed by atoms with Gasteiger partial charge >= 0.3 is 0 Å². The number of nitrogens with one attached hydrogen (secondary N) is 1. The predicted octanol–water partition coefficient (Wildman–Crippen LogP) is 3.04. The van der Waals surface area contributed by atoms with Crippen LogP contribution in [-0.4, -0.2) is 49.2 Å². The number of aryl methyl sites for hydroxylation is 2. The van der Waals surface area contributed by atoms with Gasteiger partial charge in [-0.15, -0.1) is 0 Å². The summed E-state index contributed by atoms with van der Waals surface area (Å²) in [7, 11) is -0.234. The minimum atomic E-state index is -3.37. The van der Waals surface area contributed by atoms with Crippen LogP contribution >= 0.6 is 0 Å². The number of rotatable bonds is 5. The Labute approximate surface area is 156 Å². The van der Waals surface area contributed by atoms with Crippen LogP contribution in [0.2, 0.25) is 0 Å². The smallest absolute Gasteiger partial charge is 0.281 e. The van der Waals surface area contributed by atoms with Crippen molar-refractivity contribution in [3.8, 4) is 0 Å². The molecule has 0 amide bonds. The van der Waals surface area contributed by atoms with Crippen molar-refractivity contribution < 1.29 is 8.42 Å². The number of aromatic nitrogens is 1. The summed E-state index contributed by atoms with van der Waals surface area (Å²) in [6.45, 7) is 5.03. The van der Waals surface area contributed by atoms with Crippen LogP contribution in [-0.2, 0) is 10.2 Å². The Hall–Kier alpha value is -1.96. The largest absolute Gasteiger partial charge is 0.355 e. The summed E-state index contributed by atoms with van der Waals surface area (Å²) in [5.74, 6) is 0.114. The molecule has 1 N–H and O–H groups in total. The number of hydrogen-bond acceptors (Lipinski definition) is 4. The standard InChI is InChI=1S/C19H26N4O2S/c1-14-5-7-17(8-6-14)21-18-11-15(2)20-19(12-18)16-9-10-23(13-16)26(24,25)22(3)4/h5-8,11-12,16H,9-10,13H2,1-4H3,(H,20,21)/t16-/m0/s1. The van der Waals surface area contributed by atoms with Gasteiger partial charge < -0.3 is 5.32 Å².